The highest BCUT2D eigenvalue weighted by molar-refractivity contribution is 5.79. The van der Waals surface area contributed by atoms with Crippen molar-refractivity contribution in [2.75, 3.05) is 0 Å². The van der Waals surface area contributed by atoms with Crippen LogP contribution in [0.5, 0.6) is 0 Å². The molecule has 3 aromatic rings. The van der Waals surface area contributed by atoms with E-state index in [1.807, 2.05) is 55.5 Å². The molecule has 1 aromatic heterocycles. The Bertz CT molecular complexity index is 846. The second-order valence-corrected chi connectivity index (χ2v) is 5.08. The van der Waals surface area contributed by atoms with Crippen LogP contribution >= 0.6 is 0 Å². The molecule has 0 saturated carbocycles. The number of hydrogen-bond donors (Lipinski definition) is 1. The highest BCUT2D eigenvalue weighted by atomic mass is 16.2. The molecule has 0 radical (unpaired) electrons. The van der Waals surface area contributed by atoms with Gasteiger partial charge in [-0.15, -0.1) is 0 Å². The first-order valence-corrected chi connectivity index (χ1v) is 7.03. The molecule has 0 amide bonds. The Kier molecular flexibility index (Phi) is 3.96. The van der Waals surface area contributed by atoms with Gasteiger partial charge in [0.2, 0.25) is 0 Å². The molecule has 3 rings (SSSR count). The molecule has 0 aliphatic carbocycles. The zero-order valence-corrected chi connectivity index (χ0v) is 12.2. The summed E-state index contributed by atoms with van der Waals surface area (Å²) in [5.74, 6) is 0.586. The number of nitrogens with one attached hydrogen (secondary N) is 1. The predicted molar refractivity (Wildman–Crippen MR) is 86.3 cm³/mol. The number of aryl methyl sites for hydroxylation is 1. The second-order valence-electron chi connectivity index (χ2n) is 5.08. The highest BCUT2D eigenvalue weighted by Gasteiger charge is 2.08. The van der Waals surface area contributed by atoms with Crippen LogP contribution in [0.3, 0.4) is 0 Å². The Balaban J connectivity index is 1.88. The number of H-pyrrole nitrogens is 1. The quantitative estimate of drug-likeness (QED) is 0.750. The SMILES string of the molecule is Cc1cccc(Cc2n[nH]c(=O)n2/N=C/c2ccccc2)c1. The number of aromatic nitrogens is 3. The molecule has 5 nitrogen and oxygen atoms in total. The normalized spacial score (nSPS) is 11.1. The number of aromatic amines is 1. The smallest absolute Gasteiger partial charge is 0.244 e. The number of benzene rings is 2. The van der Waals surface area contributed by atoms with E-state index in [2.05, 4.69) is 21.4 Å². The lowest BCUT2D eigenvalue weighted by Crippen LogP contribution is -2.15. The van der Waals surface area contributed by atoms with E-state index in [1.165, 1.54) is 10.2 Å². The van der Waals surface area contributed by atoms with Crippen LogP contribution in [0.1, 0.15) is 22.5 Å². The van der Waals surface area contributed by atoms with E-state index < -0.39 is 0 Å². The number of rotatable bonds is 4. The Morgan fingerprint density at radius 3 is 2.77 bits per heavy atom. The Labute approximate surface area is 127 Å². The molecular formula is C17H16N4O. The maximum Gasteiger partial charge on any atom is 0.364 e. The van der Waals surface area contributed by atoms with Gasteiger partial charge in [0.15, 0.2) is 5.82 Å². The molecular weight excluding hydrogens is 276 g/mol. The van der Waals surface area contributed by atoms with Gasteiger partial charge in [0.1, 0.15) is 0 Å². The first-order valence-electron chi connectivity index (χ1n) is 7.03. The van der Waals surface area contributed by atoms with Crippen molar-refractivity contribution >= 4 is 6.21 Å². The third kappa shape index (κ3) is 3.20. The highest BCUT2D eigenvalue weighted by Crippen LogP contribution is 2.08. The molecule has 22 heavy (non-hydrogen) atoms. The van der Waals surface area contributed by atoms with Crippen molar-refractivity contribution in [1.29, 1.82) is 0 Å². The number of hydrogen-bond acceptors (Lipinski definition) is 3. The average Bonchev–Trinajstić information content (AvgIpc) is 2.86. The molecule has 110 valence electrons. The molecule has 0 fully saturated rings. The van der Waals surface area contributed by atoms with Gasteiger partial charge >= 0.3 is 5.69 Å². The van der Waals surface area contributed by atoms with E-state index in [-0.39, 0.29) is 5.69 Å². The summed E-state index contributed by atoms with van der Waals surface area (Å²) in [4.78, 5) is 11.8. The molecule has 5 heteroatoms. The Morgan fingerprint density at radius 1 is 1.18 bits per heavy atom. The lowest BCUT2D eigenvalue weighted by Gasteiger charge is -2.02. The maximum absolute atomic E-state index is 11.8. The largest absolute Gasteiger partial charge is 0.364 e. The van der Waals surface area contributed by atoms with E-state index in [0.29, 0.717) is 12.2 Å². The first-order chi connectivity index (χ1) is 10.7. The third-order valence-electron chi connectivity index (χ3n) is 3.28. The molecule has 0 unspecified atom stereocenters. The molecule has 0 aliphatic rings. The molecule has 0 spiro atoms. The summed E-state index contributed by atoms with van der Waals surface area (Å²) in [6.45, 7) is 2.04. The number of nitrogens with zero attached hydrogens (tertiary/aromatic N) is 3. The van der Waals surface area contributed by atoms with Crippen molar-refractivity contribution < 1.29 is 0 Å². The molecule has 0 saturated heterocycles. The predicted octanol–water partition coefficient (Wildman–Crippen LogP) is 2.35. The van der Waals surface area contributed by atoms with Crippen molar-refractivity contribution in [2.45, 2.75) is 13.3 Å². The van der Waals surface area contributed by atoms with Crippen LogP contribution in [0.4, 0.5) is 0 Å². The third-order valence-corrected chi connectivity index (χ3v) is 3.28. The van der Waals surface area contributed by atoms with Crippen molar-refractivity contribution in [3.05, 3.63) is 87.6 Å². The summed E-state index contributed by atoms with van der Waals surface area (Å²) in [7, 11) is 0. The Morgan fingerprint density at radius 2 is 2.00 bits per heavy atom. The fourth-order valence-electron chi connectivity index (χ4n) is 2.23. The van der Waals surface area contributed by atoms with E-state index in [9.17, 15) is 4.79 Å². The van der Waals surface area contributed by atoms with E-state index in [0.717, 1.165) is 11.1 Å². The minimum atomic E-state index is -0.338. The van der Waals surface area contributed by atoms with Gasteiger partial charge in [-0.1, -0.05) is 60.2 Å². The zero-order valence-electron chi connectivity index (χ0n) is 12.2. The Hall–Kier alpha value is -2.95. The zero-order chi connectivity index (χ0) is 15.4. The standard InChI is InChI=1S/C17H16N4O/c1-13-6-5-9-15(10-13)11-16-19-20-17(22)21(16)18-12-14-7-3-2-4-8-14/h2-10,12H,11H2,1H3,(H,20,22)/b18-12+. The van der Waals surface area contributed by atoms with Crippen molar-refractivity contribution in [1.82, 2.24) is 14.9 Å². The van der Waals surface area contributed by atoms with Gasteiger partial charge in [0.05, 0.1) is 6.21 Å². The van der Waals surface area contributed by atoms with Gasteiger partial charge in [0, 0.05) is 6.42 Å². The van der Waals surface area contributed by atoms with Crippen LogP contribution in [0.15, 0.2) is 64.5 Å². The van der Waals surface area contributed by atoms with Gasteiger partial charge < -0.3 is 0 Å². The van der Waals surface area contributed by atoms with Gasteiger partial charge in [-0.25, -0.2) is 9.89 Å². The lowest BCUT2D eigenvalue weighted by molar-refractivity contribution is 0.775. The van der Waals surface area contributed by atoms with E-state index in [1.54, 1.807) is 6.21 Å². The van der Waals surface area contributed by atoms with Crippen LogP contribution in [-0.2, 0) is 6.42 Å². The molecule has 0 bridgehead atoms. The fourth-order valence-corrected chi connectivity index (χ4v) is 2.23. The monoisotopic (exact) mass is 292 g/mol. The second kappa shape index (κ2) is 6.22. The van der Waals surface area contributed by atoms with Crippen LogP contribution in [0, 0.1) is 6.92 Å². The summed E-state index contributed by atoms with van der Waals surface area (Å²) in [6.07, 6.45) is 2.20. The van der Waals surface area contributed by atoms with Gasteiger partial charge in [-0.2, -0.15) is 14.9 Å². The minimum absolute atomic E-state index is 0.338. The summed E-state index contributed by atoms with van der Waals surface area (Å²) < 4.78 is 1.30. The summed E-state index contributed by atoms with van der Waals surface area (Å²) >= 11 is 0. The van der Waals surface area contributed by atoms with Crippen LogP contribution in [0.25, 0.3) is 0 Å². The van der Waals surface area contributed by atoms with Crippen LogP contribution in [-0.4, -0.2) is 21.1 Å². The van der Waals surface area contributed by atoms with Gasteiger partial charge in [0.25, 0.3) is 0 Å². The lowest BCUT2D eigenvalue weighted by atomic mass is 10.1. The first kappa shape index (κ1) is 14.0. The minimum Gasteiger partial charge on any atom is -0.244 e. The topological polar surface area (TPSA) is 63.0 Å². The molecule has 1 N–H and O–H groups in total. The maximum atomic E-state index is 11.8. The van der Waals surface area contributed by atoms with Crippen LogP contribution in [0.2, 0.25) is 0 Å². The van der Waals surface area contributed by atoms with Gasteiger partial charge in [-0.05, 0) is 18.1 Å². The van der Waals surface area contributed by atoms with E-state index in [4.69, 9.17) is 0 Å². The molecule has 0 atom stereocenters. The fraction of sp³-hybridized carbons (Fsp3) is 0.118. The van der Waals surface area contributed by atoms with E-state index >= 15 is 0 Å². The summed E-state index contributed by atoms with van der Waals surface area (Å²) in [5.41, 5.74) is 2.86. The van der Waals surface area contributed by atoms with Crippen molar-refractivity contribution in [3.8, 4) is 0 Å². The summed E-state index contributed by atoms with van der Waals surface area (Å²) in [5, 5.41) is 10.8. The molecule has 2 aromatic carbocycles. The van der Waals surface area contributed by atoms with Crippen molar-refractivity contribution in [2.24, 2.45) is 5.10 Å². The summed E-state index contributed by atoms with van der Waals surface area (Å²) in [6, 6.07) is 17.7. The van der Waals surface area contributed by atoms with Crippen molar-refractivity contribution in [3.63, 3.8) is 0 Å². The average molecular weight is 292 g/mol. The van der Waals surface area contributed by atoms with Crippen LogP contribution < -0.4 is 5.69 Å². The van der Waals surface area contributed by atoms with Gasteiger partial charge in [-0.3, -0.25) is 0 Å². The molecule has 1 heterocycles. The molecule has 0 aliphatic heterocycles.